The van der Waals surface area contributed by atoms with Gasteiger partial charge in [-0.2, -0.15) is 0 Å². The lowest BCUT2D eigenvalue weighted by atomic mass is 10.0. The molecule has 0 aliphatic carbocycles. The molecule has 0 saturated heterocycles. The number of carboxylic acids is 1. The van der Waals surface area contributed by atoms with E-state index in [9.17, 15) is 4.79 Å². The minimum Gasteiger partial charge on any atom is -0.480 e. The summed E-state index contributed by atoms with van der Waals surface area (Å²) in [5.74, 6) is -0.965. The third-order valence-electron chi connectivity index (χ3n) is 2.18. The molecule has 0 saturated carbocycles. The Balaban J connectivity index is 2.78. The van der Waals surface area contributed by atoms with Gasteiger partial charge in [-0.15, -0.1) is 0 Å². The van der Waals surface area contributed by atoms with Crippen molar-refractivity contribution in [3.63, 3.8) is 0 Å². The third kappa shape index (κ3) is 3.64. The van der Waals surface area contributed by atoms with Crippen LogP contribution in [0.4, 0.5) is 0 Å². The van der Waals surface area contributed by atoms with Crippen molar-refractivity contribution >= 4 is 21.9 Å². The summed E-state index contributed by atoms with van der Waals surface area (Å²) in [7, 11) is 0. The second-order valence-electron chi connectivity index (χ2n) is 3.51. The second-order valence-corrected chi connectivity index (χ2v) is 4.88. The molecule has 1 unspecified atom stereocenters. The molecule has 1 aromatic carbocycles. The molecule has 4 heteroatoms. The van der Waals surface area contributed by atoms with Crippen molar-refractivity contribution in [2.45, 2.75) is 24.2 Å². The molecular weight excluding hydrogens is 258 g/mol. The fraction of sp³-hybridized carbons (Fsp3) is 0.364. The summed E-state index contributed by atoms with van der Waals surface area (Å²) in [4.78, 5) is 10.9. The van der Waals surface area contributed by atoms with E-state index in [0.29, 0.717) is 6.42 Å². The molecule has 0 aliphatic rings. The largest absolute Gasteiger partial charge is 0.480 e. The Morgan fingerprint density at radius 3 is 2.80 bits per heavy atom. The molecule has 3 N–H and O–H groups in total. The van der Waals surface area contributed by atoms with Crippen LogP contribution in [0.2, 0.25) is 0 Å². The standard InChI is InChI=1S/C11H14BrNO2/c1-7(12)9-4-2-3-8(5-9)6-10(13)11(14)15/h2-5,7,10H,6,13H2,1H3,(H,14,15)/t7?,10-/m0/s1. The van der Waals surface area contributed by atoms with Crippen molar-refractivity contribution in [2.75, 3.05) is 0 Å². The quantitative estimate of drug-likeness (QED) is 0.825. The topological polar surface area (TPSA) is 63.3 Å². The zero-order chi connectivity index (χ0) is 11.4. The Bertz CT molecular complexity index is 352. The van der Waals surface area contributed by atoms with Crippen LogP contribution in [0, 0.1) is 0 Å². The maximum Gasteiger partial charge on any atom is 0.320 e. The highest BCUT2D eigenvalue weighted by atomic mass is 79.9. The van der Waals surface area contributed by atoms with Gasteiger partial charge in [0.1, 0.15) is 6.04 Å². The first kappa shape index (κ1) is 12.2. The minimum atomic E-state index is -0.965. The predicted octanol–water partition coefficient (Wildman–Crippen LogP) is 2.10. The molecule has 0 amide bonds. The van der Waals surface area contributed by atoms with Gasteiger partial charge in [0.2, 0.25) is 0 Å². The zero-order valence-corrected chi connectivity index (χ0v) is 10.1. The number of hydrogen-bond acceptors (Lipinski definition) is 2. The fourth-order valence-corrected chi connectivity index (χ4v) is 1.59. The predicted molar refractivity (Wildman–Crippen MR) is 63.1 cm³/mol. The van der Waals surface area contributed by atoms with Crippen LogP contribution in [0.1, 0.15) is 22.9 Å². The van der Waals surface area contributed by atoms with E-state index in [2.05, 4.69) is 15.9 Å². The molecule has 15 heavy (non-hydrogen) atoms. The third-order valence-corrected chi connectivity index (χ3v) is 2.71. The number of carboxylic acid groups (broad SMARTS) is 1. The van der Waals surface area contributed by atoms with E-state index in [0.717, 1.165) is 11.1 Å². The summed E-state index contributed by atoms with van der Waals surface area (Å²) in [5.41, 5.74) is 7.55. The zero-order valence-electron chi connectivity index (χ0n) is 8.48. The van der Waals surface area contributed by atoms with Crippen LogP contribution >= 0.6 is 15.9 Å². The molecular formula is C11H14BrNO2. The first-order chi connectivity index (χ1) is 7.00. The van der Waals surface area contributed by atoms with E-state index in [4.69, 9.17) is 10.8 Å². The van der Waals surface area contributed by atoms with Crippen molar-refractivity contribution in [1.82, 2.24) is 0 Å². The molecule has 1 rings (SSSR count). The number of rotatable bonds is 4. The molecule has 3 nitrogen and oxygen atoms in total. The van der Waals surface area contributed by atoms with Crippen LogP contribution in [0.15, 0.2) is 24.3 Å². The van der Waals surface area contributed by atoms with E-state index < -0.39 is 12.0 Å². The Morgan fingerprint density at radius 2 is 2.27 bits per heavy atom. The molecule has 0 fully saturated rings. The summed E-state index contributed by atoms with van der Waals surface area (Å²) >= 11 is 3.46. The Hall–Kier alpha value is -0.870. The van der Waals surface area contributed by atoms with Crippen LogP contribution in [0.5, 0.6) is 0 Å². The smallest absolute Gasteiger partial charge is 0.320 e. The average Bonchev–Trinajstić information content (AvgIpc) is 2.18. The van der Waals surface area contributed by atoms with Gasteiger partial charge in [-0.05, 0) is 24.5 Å². The molecule has 0 aliphatic heterocycles. The van der Waals surface area contributed by atoms with Crippen LogP contribution in [-0.2, 0) is 11.2 Å². The maximum absolute atomic E-state index is 10.6. The summed E-state index contributed by atoms with van der Waals surface area (Å²) in [5, 5.41) is 8.69. The van der Waals surface area contributed by atoms with Crippen LogP contribution in [-0.4, -0.2) is 17.1 Å². The molecule has 0 radical (unpaired) electrons. The molecule has 2 atom stereocenters. The van der Waals surface area contributed by atoms with E-state index >= 15 is 0 Å². The van der Waals surface area contributed by atoms with Gasteiger partial charge in [-0.1, -0.05) is 40.2 Å². The molecule has 0 aromatic heterocycles. The number of alkyl halides is 1. The highest BCUT2D eigenvalue weighted by Crippen LogP contribution is 2.22. The SMILES string of the molecule is CC(Br)c1cccc(C[C@H](N)C(=O)O)c1. The van der Waals surface area contributed by atoms with Gasteiger partial charge in [-0.3, -0.25) is 4.79 Å². The maximum atomic E-state index is 10.6. The number of halogens is 1. The monoisotopic (exact) mass is 271 g/mol. The highest BCUT2D eigenvalue weighted by molar-refractivity contribution is 9.09. The summed E-state index contributed by atoms with van der Waals surface area (Å²) < 4.78 is 0. The Labute approximate surface area is 97.4 Å². The fourth-order valence-electron chi connectivity index (χ4n) is 1.31. The number of hydrogen-bond donors (Lipinski definition) is 2. The van der Waals surface area contributed by atoms with E-state index in [-0.39, 0.29) is 4.83 Å². The Kier molecular flexibility index (Phi) is 4.29. The lowest BCUT2D eigenvalue weighted by Crippen LogP contribution is -2.32. The summed E-state index contributed by atoms with van der Waals surface area (Å²) in [6.45, 7) is 2.02. The van der Waals surface area contributed by atoms with Gasteiger partial charge in [0, 0.05) is 4.83 Å². The van der Waals surface area contributed by atoms with E-state index in [1.165, 1.54) is 0 Å². The summed E-state index contributed by atoms with van der Waals surface area (Å²) in [6, 6.07) is 6.95. The normalized spacial score (nSPS) is 14.6. The van der Waals surface area contributed by atoms with Gasteiger partial charge < -0.3 is 10.8 Å². The van der Waals surface area contributed by atoms with Crippen LogP contribution < -0.4 is 5.73 Å². The highest BCUT2D eigenvalue weighted by Gasteiger charge is 2.12. The van der Waals surface area contributed by atoms with Crippen molar-refractivity contribution in [2.24, 2.45) is 5.73 Å². The van der Waals surface area contributed by atoms with Gasteiger partial charge in [0.25, 0.3) is 0 Å². The average molecular weight is 272 g/mol. The van der Waals surface area contributed by atoms with E-state index in [1.807, 2.05) is 31.2 Å². The van der Waals surface area contributed by atoms with Gasteiger partial charge in [0.15, 0.2) is 0 Å². The van der Waals surface area contributed by atoms with Crippen LogP contribution in [0.25, 0.3) is 0 Å². The molecule has 0 bridgehead atoms. The first-order valence-electron chi connectivity index (χ1n) is 4.72. The minimum absolute atomic E-state index is 0.263. The van der Waals surface area contributed by atoms with Gasteiger partial charge in [0.05, 0.1) is 0 Å². The first-order valence-corrected chi connectivity index (χ1v) is 5.63. The lowest BCUT2D eigenvalue weighted by molar-refractivity contribution is -0.138. The lowest BCUT2D eigenvalue weighted by Gasteiger charge is -2.09. The summed E-state index contributed by atoms with van der Waals surface area (Å²) in [6.07, 6.45) is 0.364. The number of aliphatic carboxylic acids is 1. The van der Waals surface area contributed by atoms with Crippen molar-refractivity contribution < 1.29 is 9.90 Å². The number of carbonyl (C=O) groups is 1. The molecule has 1 aromatic rings. The Morgan fingerprint density at radius 1 is 1.60 bits per heavy atom. The molecule has 82 valence electrons. The van der Waals surface area contributed by atoms with Crippen molar-refractivity contribution in [1.29, 1.82) is 0 Å². The van der Waals surface area contributed by atoms with Crippen molar-refractivity contribution in [3.8, 4) is 0 Å². The number of benzene rings is 1. The van der Waals surface area contributed by atoms with Gasteiger partial charge >= 0.3 is 5.97 Å². The molecule has 0 spiro atoms. The number of nitrogens with two attached hydrogens (primary N) is 1. The second kappa shape index (κ2) is 5.28. The van der Waals surface area contributed by atoms with Crippen molar-refractivity contribution in [3.05, 3.63) is 35.4 Å². The molecule has 0 heterocycles. The van der Waals surface area contributed by atoms with Crippen LogP contribution in [0.3, 0.4) is 0 Å². The van der Waals surface area contributed by atoms with E-state index in [1.54, 1.807) is 0 Å². The van der Waals surface area contributed by atoms with Gasteiger partial charge in [-0.25, -0.2) is 0 Å².